The van der Waals surface area contributed by atoms with E-state index in [4.69, 9.17) is 17.3 Å². The molecular weight excluding hydrogens is 343 g/mol. The Balaban J connectivity index is 2.44. The second kappa shape index (κ2) is 6.12. The lowest BCUT2D eigenvalue weighted by Gasteiger charge is -2.18. The fourth-order valence-electron chi connectivity index (χ4n) is 1.96. The van der Waals surface area contributed by atoms with Crippen LogP contribution in [0.5, 0.6) is 0 Å². The summed E-state index contributed by atoms with van der Waals surface area (Å²) in [6, 6.07) is 10.5. The topological polar surface area (TPSA) is 29.3 Å². The Kier molecular flexibility index (Phi) is 4.68. The van der Waals surface area contributed by atoms with Crippen molar-refractivity contribution >= 4 is 33.2 Å². The monoisotopic (exact) mass is 356 g/mol. The number of halogens is 3. The van der Waals surface area contributed by atoms with Gasteiger partial charge in [0.15, 0.2) is 0 Å². The fraction of sp³-hybridized carbons (Fsp3) is 0.200. The molecule has 2 aromatic rings. The van der Waals surface area contributed by atoms with Gasteiger partial charge in [0.25, 0.3) is 0 Å². The molecule has 0 radical (unpaired) electrons. The lowest BCUT2D eigenvalue weighted by molar-refractivity contribution is 0.599. The molecule has 0 aromatic heterocycles. The highest BCUT2D eigenvalue weighted by Gasteiger charge is 2.18. The maximum absolute atomic E-state index is 14.2. The fourth-order valence-corrected chi connectivity index (χ4v) is 2.44. The van der Waals surface area contributed by atoms with E-state index in [0.29, 0.717) is 10.0 Å². The summed E-state index contributed by atoms with van der Waals surface area (Å²) in [6.07, 6.45) is 0. The lowest BCUT2D eigenvalue weighted by atomic mass is 9.98. The Morgan fingerprint density at radius 3 is 2.60 bits per heavy atom. The first-order valence-corrected chi connectivity index (χ1v) is 7.25. The van der Waals surface area contributed by atoms with Crippen molar-refractivity contribution in [2.45, 2.75) is 6.04 Å². The van der Waals surface area contributed by atoms with Crippen LogP contribution in [0.2, 0.25) is 5.02 Å². The summed E-state index contributed by atoms with van der Waals surface area (Å²) in [4.78, 5) is 1.97. The van der Waals surface area contributed by atoms with Gasteiger partial charge in [-0.3, -0.25) is 0 Å². The largest absolute Gasteiger partial charge is 0.378 e. The molecule has 0 aliphatic carbocycles. The van der Waals surface area contributed by atoms with Crippen molar-refractivity contribution in [2.24, 2.45) is 5.73 Å². The van der Waals surface area contributed by atoms with E-state index in [1.54, 1.807) is 12.1 Å². The van der Waals surface area contributed by atoms with Gasteiger partial charge in [-0.1, -0.05) is 29.8 Å². The van der Waals surface area contributed by atoms with Crippen LogP contribution in [0.25, 0.3) is 0 Å². The molecule has 0 bridgehead atoms. The quantitative estimate of drug-likeness (QED) is 0.827. The van der Waals surface area contributed by atoms with Crippen molar-refractivity contribution in [1.82, 2.24) is 0 Å². The molecule has 0 amide bonds. The lowest BCUT2D eigenvalue weighted by Crippen LogP contribution is -2.15. The Labute approximate surface area is 131 Å². The molecule has 2 rings (SSSR count). The summed E-state index contributed by atoms with van der Waals surface area (Å²) >= 11 is 9.11. The highest BCUT2D eigenvalue weighted by Crippen LogP contribution is 2.32. The third kappa shape index (κ3) is 2.97. The first-order chi connectivity index (χ1) is 9.41. The van der Waals surface area contributed by atoms with E-state index in [1.165, 1.54) is 0 Å². The number of nitrogens with two attached hydrogens (primary N) is 1. The summed E-state index contributed by atoms with van der Waals surface area (Å²) in [6.45, 7) is 0. The molecule has 20 heavy (non-hydrogen) atoms. The maximum atomic E-state index is 14.2. The minimum Gasteiger partial charge on any atom is -0.378 e. The van der Waals surface area contributed by atoms with Gasteiger partial charge in [-0.15, -0.1) is 0 Å². The first-order valence-electron chi connectivity index (χ1n) is 6.08. The Morgan fingerprint density at radius 1 is 1.25 bits per heavy atom. The molecular formula is C15H15BrClFN2. The Morgan fingerprint density at radius 2 is 1.95 bits per heavy atom. The standard InChI is InChI=1S/C15H15BrClFN2/c1-20(2)10-5-3-4-9(8-10)15(19)11-6-7-12(16)13(17)14(11)18/h3-8,15H,19H2,1-2H3. The summed E-state index contributed by atoms with van der Waals surface area (Å²) in [5, 5.41) is 0.0571. The van der Waals surface area contributed by atoms with Crippen LogP contribution < -0.4 is 10.6 Å². The van der Waals surface area contributed by atoms with E-state index >= 15 is 0 Å². The average molecular weight is 358 g/mol. The second-order valence-electron chi connectivity index (χ2n) is 4.73. The van der Waals surface area contributed by atoms with E-state index in [2.05, 4.69) is 15.9 Å². The Bertz CT molecular complexity index is 631. The minimum absolute atomic E-state index is 0.0571. The molecule has 0 aliphatic heterocycles. The van der Waals surface area contributed by atoms with Crippen LogP contribution in [0, 0.1) is 5.82 Å². The van der Waals surface area contributed by atoms with E-state index in [1.807, 2.05) is 43.3 Å². The molecule has 0 saturated carbocycles. The summed E-state index contributed by atoms with van der Waals surface area (Å²) in [7, 11) is 3.89. The molecule has 1 atom stereocenters. The molecule has 2 aromatic carbocycles. The zero-order chi connectivity index (χ0) is 14.9. The number of hydrogen-bond donors (Lipinski definition) is 1. The van der Waals surface area contributed by atoms with Crippen LogP contribution in [-0.4, -0.2) is 14.1 Å². The summed E-state index contributed by atoms with van der Waals surface area (Å²) in [5.41, 5.74) is 8.41. The van der Waals surface area contributed by atoms with Crippen molar-refractivity contribution < 1.29 is 4.39 Å². The Hall–Kier alpha value is -1.10. The van der Waals surface area contributed by atoms with Gasteiger partial charge in [0, 0.05) is 29.8 Å². The van der Waals surface area contributed by atoms with Crippen molar-refractivity contribution in [3.63, 3.8) is 0 Å². The highest BCUT2D eigenvalue weighted by molar-refractivity contribution is 9.10. The zero-order valence-electron chi connectivity index (χ0n) is 11.2. The van der Waals surface area contributed by atoms with Gasteiger partial charge < -0.3 is 10.6 Å². The van der Waals surface area contributed by atoms with E-state index in [-0.39, 0.29) is 5.02 Å². The van der Waals surface area contributed by atoms with Crippen LogP contribution in [-0.2, 0) is 0 Å². The highest BCUT2D eigenvalue weighted by atomic mass is 79.9. The van der Waals surface area contributed by atoms with Crippen molar-refractivity contribution in [3.8, 4) is 0 Å². The van der Waals surface area contributed by atoms with Crippen molar-refractivity contribution in [1.29, 1.82) is 0 Å². The molecule has 0 spiro atoms. The smallest absolute Gasteiger partial charge is 0.148 e. The predicted octanol–water partition coefficient (Wildman–Crippen LogP) is 4.36. The van der Waals surface area contributed by atoms with E-state index in [9.17, 15) is 4.39 Å². The van der Waals surface area contributed by atoms with Gasteiger partial charge in [-0.2, -0.15) is 0 Å². The minimum atomic E-state index is -0.555. The molecule has 0 saturated heterocycles. The number of nitrogens with zero attached hydrogens (tertiary/aromatic N) is 1. The van der Waals surface area contributed by atoms with E-state index in [0.717, 1.165) is 11.3 Å². The van der Waals surface area contributed by atoms with Gasteiger partial charge in [0.1, 0.15) is 5.82 Å². The van der Waals surface area contributed by atoms with Gasteiger partial charge >= 0.3 is 0 Å². The second-order valence-corrected chi connectivity index (χ2v) is 5.96. The van der Waals surface area contributed by atoms with Crippen LogP contribution in [0.3, 0.4) is 0 Å². The predicted molar refractivity (Wildman–Crippen MR) is 85.9 cm³/mol. The molecule has 106 valence electrons. The summed E-state index contributed by atoms with van der Waals surface area (Å²) < 4.78 is 14.7. The van der Waals surface area contributed by atoms with Crippen LogP contribution in [0.15, 0.2) is 40.9 Å². The third-order valence-electron chi connectivity index (χ3n) is 3.15. The summed E-state index contributed by atoms with van der Waals surface area (Å²) in [5.74, 6) is -0.483. The van der Waals surface area contributed by atoms with E-state index < -0.39 is 11.9 Å². The molecule has 2 nitrogen and oxygen atoms in total. The van der Waals surface area contributed by atoms with Gasteiger partial charge in [0.2, 0.25) is 0 Å². The van der Waals surface area contributed by atoms with Gasteiger partial charge in [-0.05, 0) is 39.7 Å². The average Bonchev–Trinajstić information content (AvgIpc) is 2.44. The first kappa shape index (κ1) is 15.3. The zero-order valence-corrected chi connectivity index (χ0v) is 13.5. The molecule has 2 N–H and O–H groups in total. The van der Waals surface area contributed by atoms with Crippen molar-refractivity contribution in [2.75, 3.05) is 19.0 Å². The van der Waals surface area contributed by atoms with Crippen LogP contribution >= 0.6 is 27.5 Å². The molecule has 0 heterocycles. The number of benzene rings is 2. The van der Waals surface area contributed by atoms with Gasteiger partial charge in [-0.25, -0.2) is 4.39 Å². The maximum Gasteiger partial charge on any atom is 0.148 e. The normalized spacial score (nSPS) is 12.3. The molecule has 1 unspecified atom stereocenters. The van der Waals surface area contributed by atoms with Crippen molar-refractivity contribution in [3.05, 3.63) is 62.8 Å². The number of rotatable bonds is 3. The molecule has 0 aliphatic rings. The third-order valence-corrected chi connectivity index (χ3v) is 4.40. The molecule has 0 fully saturated rings. The van der Waals surface area contributed by atoms with Crippen LogP contribution in [0.4, 0.5) is 10.1 Å². The number of hydrogen-bond acceptors (Lipinski definition) is 2. The molecule has 5 heteroatoms. The number of anilines is 1. The van der Waals surface area contributed by atoms with Gasteiger partial charge in [0.05, 0.1) is 11.1 Å². The SMILES string of the molecule is CN(C)c1cccc(C(N)c2ccc(Br)c(Cl)c2F)c1. The van der Waals surface area contributed by atoms with Crippen LogP contribution in [0.1, 0.15) is 17.2 Å².